The van der Waals surface area contributed by atoms with Crippen molar-refractivity contribution < 1.29 is 13.6 Å². The Morgan fingerprint density at radius 3 is 2.29 bits per heavy atom. The Bertz CT molecular complexity index is 241. The molecule has 0 heterocycles. The van der Waals surface area contributed by atoms with Crippen LogP contribution in [0.1, 0.15) is 27.7 Å². The molecule has 4 nitrogen and oxygen atoms in total. The summed E-state index contributed by atoms with van der Waals surface area (Å²) in [6.45, 7) is 7.24. The third kappa shape index (κ3) is 7.23. The summed E-state index contributed by atoms with van der Waals surface area (Å²) in [5, 5.41) is 2.76. The van der Waals surface area contributed by atoms with Gasteiger partial charge in [0.1, 0.15) is 0 Å². The van der Waals surface area contributed by atoms with Gasteiger partial charge < -0.3 is 11.1 Å². The van der Waals surface area contributed by atoms with Gasteiger partial charge in [0, 0.05) is 18.6 Å². The number of nitrogens with one attached hydrogen (secondary N) is 1. The number of nitrogens with two attached hydrogens (primary N) is 1. The molecule has 0 aliphatic carbocycles. The number of amides is 1. The molecule has 0 aromatic carbocycles. The van der Waals surface area contributed by atoms with Crippen molar-refractivity contribution in [1.29, 1.82) is 0 Å². The Balaban J connectivity index is 4.48. The molecule has 0 rings (SSSR count). The van der Waals surface area contributed by atoms with E-state index < -0.39 is 19.0 Å². The number of alkyl halides is 2. The van der Waals surface area contributed by atoms with Crippen LogP contribution in [0.5, 0.6) is 0 Å². The predicted octanol–water partition coefficient (Wildman–Crippen LogP) is 0.815. The molecule has 0 radical (unpaired) electrons. The quantitative estimate of drug-likeness (QED) is 0.734. The fraction of sp³-hybridized carbons (Fsp3) is 0.909. The summed E-state index contributed by atoms with van der Waals surface area (Å²) in [6, 6.07) is -0.605. The molecule has 1 amide bonds. The lowest BCUT2D eigenvalue weighted by atomic mass is 10.1. The van der Waals surface area contributed by atoms with E-state index in [0.717, 1.165) is 0 Å². The molecular formula is C11H23F2N3O. The Morgan fingerprint density at radius 2 is 1.94 bits per heavy atom. The van der Waals surface area contributed by atoms with Crippen LogP contribution in [0, 0.1) is 0 Å². The van der Waals surface area contributed by atoms with Crippen LogP contribution in [0.25, 0.3) is 0 Å². The van der Waals surface area contributed by atoms with Gasteiger partial charge in [-0.2, -0.15) is 0 Å². The Labute approximate surface area is 102 Å². The number of carbonyl (C=O) groups excluding carboxylic acids is 1. The van der Waals surface area contributed by atoms with Crippen molar-refractivity contribution in [2.45, 2.75) is 45.7 Å². The van der Waals surface area contributed by atoms with Crippen molar-refractivity contribution in [3.8, 4) is 0 Å². The number of carbonyl (C=O) groups is 1. The smallest absolute Gasteiger partial charge is 0.251 e. The third-order valence-electron chi connectivity index (χ3n) is 2.21. The summed E-state index contributed by atoms with van der Waals surface area (Å²) in [5.41, 5.74) is 4.98. The van der Waals surface area contributed by atoms with Crippen molar-refractivity contribution >= 4 is 5.91 Å². The van der Waals surface area contributed by atoms with Gasteiger partial charge in [0.05, 0.1) is 12.6 Å². The van der Waals surface area contributed by atoms with Crippen LogP contribution in [-0.2, 0) is 4.79 Å². The monoisotopic (exact) mass is 251 g/mol. The zero-order chi connectivity index (χ0) is 13.6. The summed E-state index contributed by atoms with van der Waals surface area (Å²) in [5.74, 6) is -0.258. The molecule has 0 spiro atoms. The van der Waals surface area contributed by atoms with E-state index in [1.165, 1.54) is 4.90 Å². The molecule has 1 unspecified atom stereocenters. The SMILES string of the molecule is CC(C(=O)NC(C)(C)C)N(CCN)CC(F)F. The molecule has 0 bridgehead atoms. The molecule has 1 atom stereocenters. The van der Waals surface area contributed by atoms with Gasteiger partial charge in [0.25, 0.3) is 6.43 Å². The number of halogens is 2. The lowest BCUT2D eigenvalue weighted by Gasteiger charge is -2.30. The van der Waals surface area contributed by atoms with Crippen molar-refractivity contribution in [2.75, 3.05) is 19.6 Å². The van der Waals surface area contributed by atoms with E-state index in [1.54, 1.807) is 6.92 Å². The fourth-order valence-corrected chi connectivity index (χ4v) is 1.43. The average Bonchev–Trinajstić information content (AvgIpc) is 2.12. The van der Waals surface area contributed by atoms with Crippen LogP contribution in [0.15, 0.2) is 0 Å². The maximum atomic E-state index is 12.4. The van der Waals surface area contributed by atoms with Gasteiger partial charge in [0.15, 0.2) is 0 Å². The van der Waals surface area contributed by atoms with Gasteiger partial charge in [-0.1, -0.05) is 0 Å². The second-order valence-corrected chi connectivity index (χ2v) is 5.09. The lowest BCUT2D eigenvalue weighted by Crippen LogP contribution is -2.52. The maximum Gasteiger partial charge on any atom is 0.251 e. The molecule has 0 aromatic heterocycles. The highest BCUT2D eigenvalue weighted by molar-refractivity contribution is 5.81. The number of hydrogen-bond donors (Lipinski definition) is 2. The van der Waals surface area contributed by atoms with Crippen molar-refractivity contribution in [1.82, 2.24) is 10.2 Å². The first kappa shape index (κ1) is 16.2. The zero-order valence-electron chi connectivity index (χ0n) is 11.0. The summed E-state index contributed by atoms with van der Waals surface area (Å²) in [6.07, 6.45) is -2.47. The molecule has 17 heavy (non-hydrogen) atoms. The minimum atomic E-state index is -2.47. The van der Waals surface area contributed by atoms with Crippen molar-refractivity contribution in [3.05, 3.63) is 0 Å². The zero-order valence-corrected chi connectivity index (χ0v) is 11.0. The number of hydrogen-bond acceptors (Lipinski definition) is 3. The largest absolute Gasteiger partial charge is 0.350 e. The van der Waals surface area contributed by atoms with Crippen LogP contribution in [0.2, 0.25) is 0 Å². The van der Waals surface area contributed by atoms with Gasteiger partial charge >= 0.3 is 0 Å². The van der Waals surface area contributed by atoms with E-state index in [9.17, 15) is 13.6 Å². The van der Waals surface area contributed by atoms with Crippen molar-refractivity contribution in [3.63, 3.8) is 0 Å². The molecule has 0 aliphatic heterocycles. The standard InChI is InChI=1S/C11H23F2N3O/c1-8(10(17)15-11(2,3)4)16(6-5-14)7-9(12)13/h8-9H,5-7,14H2,1-4H3,(H,15,17). The summed E-state index contributed by atoms with van der Waals surface area (Å²) in [7, 11) is 0. The first-order valence-electron chi connectivity index (χ1n) is 5.71. The van der Waals surface area contributed by atoms with E-state index >= 15 is 0 Å². The second-order valence-electron chi connectivity index (χ2n) is 5.09. The van der Waals surface area contributed by atoms with Gasteiger partial charge in [-0.25, -0.2) is 8.78 Å². The summed E-state index contributed by atoms with van der Waals surface area (Å²) in [4.78, 5) is 13.2. The Hall–Kier alpha value is -0.750. The highest BCUT2D eigenvalue weighted by Crippen LogP contribution is 2.06. The van der Waals surface area contributed by atoms with Crippen LogP contribution < -0.4 is 11.1 Å². The second kappa shape index (κ2) is 6.86. The molecule has 3 N–H and O–H groups in total. The molecule has 0 saturated carbocycles. The van der Waals surface area contributed by atoms with E-state index in [2.05, 4.69) is 5.32 Å². The summed E-state index contributed by atoms with van der Waals surface area (Å²) < 4.78 is 24.7. The van der Waals surface area contributed by atoms with Gasteiger partial charge in [0.2, 0.25) is 5.91 Å². The molecule has 0 aliphatic rings. The third-order valence-corrected chi connectivity index (χ3v) is 2.21. The maximum absolute atomic E-state index is 12.4. The lowest BCUT2D eigenvalue weighted by molar-refractivity contribution is -0.127. The van der Waals surface area contributed by atoms with Crippen LogP contribution in [-0.4, -0.2) is 48.4 Å². The van der Waals surface area contributed by atoms with Crippen LogP contribution in [0.4, 0.5) is 8.78 Å². The van der Waals surface area contributed by atoms with Gasteiger partial charge in [-0.05, 0) is 27.7 Å². The number of rotatable bonds is 6. The highest BCUT2D eigenvalue weighted by atomic mass is 19.3. The number of nitrogens with zero attached hydrogens (tertiary/aromatic N) is 1. The van der Waals surface area contributed by atoms with E-state index in [1.807, 2.05) is 20.8 Å². The van der Waals surface area contributed by atoms with Gasteiger partial charge in [-0.15, -0.1) is 0 Å². The first-order chi connectivity index (χ1) is 7.67. The van der Waals surface area contributed by atoms with Crippen molar-refractivity contribution in [2.24, 2.45) is 5.73 Å². The van der Waals surface area contributed by atoms with E-state index in [4.69, 9.17) is 5.73 Å². The van der Waals surface area contributed by atoms with Crippen LogP contribution >= 0.6 is 0 Å². The average molecular weight is 251 g/mol. The topological polar surface area (TPSA) is 58.4 Å². The molecular weight excluding hydrogens is 228 g/mol. The Morgan fingerprint density at radius 1 is 1.41 bits per heavy atom. The highest BCUT2D eigenvalue weighted by Gasteiger charge is 2.25. The van der Waals surface area contributed by atoms with Gasteiger partial charge in [-0.3, -0.25) is 9.69 Å². The molecule has 0 fully saturated rings. The first-order valence-corrected chi connectivity index (χ1v) is 5.71. The normalized spacial score (nSPS) is 14.2. The minimum absolute atomic E-state index is 0.250. The summed E-state index contributed by atoms with van der Waals surface area (Å²) >= 11 is 0. The van der Waals surface area contributed by atoms with E-state index in [0.29, 0.717) is 0 Å². The molecule has 0 saturated heterocycles. The Kier molecular flexibility index (Phi) is 6.56. The molecule has 102 valence electrons. The predicted molar refractivity (Wildman–Crippen MR) is 64.0 cm³/mol. The minimum Gasteiger partial charge on any atom is -0.350 e. The van der Waals surface area contributed by atoms with Crippen LogP contribution in [0.3, 0.4) is 0 Å². The molecule has 6 heteroatoms. The molecule has 0 aromatic rings. The fourth-order valence-electron chi connectivity index (χ4n) is 1.43. The van der Waals surface area contributed by atoms with E-state index in [-0.39, 0.29) is 24.5 Å².